The smallest absolute Gasteiger partial charge is 0.328 e. The van der Waals surface area contributed by atoms with Crippen LogP contribution >= 0.6 is 34.8 Å². The number of carboxylic acids is 1. The van der Waals surface area contributed by atoms with E-state index in [0.717, 1.165) is 6.08 Å². The van der Waals surface area contributed by atoms with E-state index in [9.17, 15) is 4.79 Å². The van der Waals surface area contributed by atoms with E-state index in [4.69, 9.17) is 44.6 Å². The van der Waals surface area contributed by atoms with Crippen LogP contribution in [0.25, 0.3) is 6.08 Å². The van der Waals surface area contributed by atoms with Crippen molar-refractivity contribution in [2.24, 2.45) is 0 Å². The highest BCUT2D eigenvalue weighted by Gasteiger charge is 2.08. The summed E-state index contributed by atoms with van der Waals surface area (Å²) < 4.78 is 5.69. The van der Waals surface area contributed by atoms with E-state index >= 15 is 0 Å². The van der Waals surface area contributed by atoms with Gasteiger partial charge in [-0.1, -0.05) is 34.8 Å². The number of hydrogen-bond donors (Lipinski definition) is 1. The van der Waals surface area contributed by atoms with E-state index in [-0.39, 0.29) is 0 Å². The van der Waals surface area contributed by atoms with Crippen LogP contribution in [0.2, 0.25) is 15.1 Å². The number of hydrogen-bond acceptors (Lipinski definition) is 2. The molecule has 2 aromatic carbocycles. The van der Waals surface area contributed by atoms with E-state index in [1.54, 1.807) is 36.4 Å². The summed E-state index contributed by atoms with van der Waals surface area (Å²) >= 11 is 17.8. The van der Waals surface area contributed by atoms with Gasteiger partial charge in [-0.05, 0) is 42.5 Å². The average molecular weight is 344 g/mol. The quantitative estimate of drug-likeness (QED) is 0.742. The van der Waals surface area contributed by atoms with Gasteiger partial charge in [-0.15, -0.1) is 0 Å². The second kappa shape index (κ2) is 6.85. The lowest BCUT2D eigenvalue weighted by Crippen LogP contribution is -1.90. The average Bonchev–Trinajstić information content (AvgIpc) is 2.41. The minimum Gasteiger partial charge on any atom is -0.478 e. The summed E-state index contributed by atoms with van der Waals surface area (Å²) in [6, 6.07) is 9.70. The van der Waals surface area contributed by atoms with Crippen molar-refractivity contribution >= 4 is 46.8 Å². The van der Waals surface area contributed by atoms with Crippen LogP contribution < -0.4 is 4.74 Å². The van der Waals surface area contributed by atoms with Gasteiger partial charge in [-0.3, -0.25) is 0 Å². The molecule has 3 nitrogen and oxygen atoms in total. The summed E-state index contributed by atoms with van der Waals surface area (Å²) in [7, 11) is 0. The van der Waals surface area contributed by atoms with Crippen LogP contribution in [0.1, 0.15) is 5.56 Å². The van der Waals surface area contributed by atoms with Crippen molar-refractivity contribution in [2.75, 3.05) is 0 Å². The zero-order chi connectivity index (χ0) is 15.4. The molecule has 2 rings (SSSR count). The van der Waals surface area contributed by atoms with Crippen LogP contribution in [0, 0.1) is 0 Å². The molecule has 21 heavy (non-hydrogen) atoms. The Morgan fingerprint density at radius 1 is 1.00 bits per heavy atom. The normalized spacial score (nSPS) is 10.8. The molecule has 0 aromatic heterocycles. The zero-order valence-corrected chi connectivity index (χ0v) is 12.8. The number of ether oxygens (including phenoxy) is 1. The van der Waals surface area contributed by atoms with Gasteiger partial charge >= 0.3 is 5.97 Å². The first-order valence-corrected chi connectivity index (χ1v) is 6.92. The second-order valence-electron chi connectivity index (χ2n) is 4.03. The van der Waals surface area contributed by atoms with Crippen LogP contribution in [-0.2, 0) is 4.79 Å². The standard InChI is InChI=1S/C15H9Cl3O3/c16-10-2-4-13(9(7-10)1-6-15(19)20)21-14-5-3-11(17)8-12(14)18/h1-8H,(H,19,20)/b6-1+. The molecule has 0 saturated heterocycles. The molecule has 0 heterocycles. The van der Waals surface area contributed by atoms with Crippen molar-refractivity contribution in [3.8, 4) is 11.5 Å². The van der Waals surface area contributed by atoms with Crippen LogP contribution in [0.15, 0.2) is 42.5 Å². The van der Waals surface area contributed by atoms with E-state index in [1.165, 1.54) is 6.08 Å². The lowest BCUT2D eigenvalue weighted by atomic mass is 10.2. The third-order valence-corrected chi connectivity index (χ3v) is 3.26. The first kappa shape index (κ1) is 15.7. The van der Waals surface area contributed by atoms with Gasteiger partial charge in [0.15, 0.2) is 0 Å². The highest BCUT2D eigenvalue weighted by molar-refractivity contribution is 6.35. The van der Waals surface area contributed by atoms with Gasteiger partial charge in [0, 0.05) is 21.7 Å². The van der Waals surface area contributed by atoms with Gasteiger partial charge in [0.2, 0.25) is 0 Å². The Hall–Kier alpha value is -1.68. The minimum absolute atomic E-state index is 0.352. The van der Waals surface area contributed by atoms with Gasteiger partial charge in [-0.25, -0.2) is 4.79 Å². The fraction of sp³-hybridized carbons (Fsp3) is 0. The summed E-state index contributed by atoms with van der Waals surface area (Å²) in [5.74, 6) is -0.222. The summed E-state index contributed by atoms with van der Waals surface area (Å²) in [6.07, 6.45) is 2.40. The second-order valence-corrected chi connectivity index (χ2v) is 5.31. The van der Waals surface area contributed by atoms with Crippen LogP contribution in [0.5, 0.6) is 11.5 Å². The largest absolute Gasteiger partial charge is 0.478 e. The fourth-order valence-electron chi connectivity index (χ4n) is 1.58. The fourth-order valence-corrected chi connectivity index (χ4v) is 2.21. The molecule has 0 radical (unpaired) electrons. The molecular formula is C15H9Cl3O3. The summed E-state index contributed by atoms with van der Waals surface area (Å²) in [5, 5.41) is 10.0. The number of aliphatic carboxylic acids is 1. The molecule has 0 aliphatic rings. The van der Waals surface area contributed by atoms with Crippen LogP contribution in [-0.4, -0.2) is 11.1 Å². The SMILES string of the molecule is O=C(O)/C=C/c1cc(Cl)ccc1Oc1ccc(Cl)cc1Cl. The molecule has 1 N–H and O–H groups in total. The third kappa shape index (κ3) is 4.39. The van der Waals surface area contributed by atoms with Gasteiger partial charge < -0.3 is 9.84 Å². The molecule has 0 saturated carbocycles. The Kier molecular flexibility index (Phi) is 5.12. The molecule has 0 spiro atoms. The van der Waals surface area contributed by atoms with Crippen molar-refractivity contribution in [3.63, 3.8) is 0 Å². The molecule has 2 aromatic rings. The molecular weight excluding hydrogens is 335 g/mol. The number of rotatable bonds is 4. The molecule has 0 atom stereocenters. The van der Waals surface area contributed by atoms with Crippen LogP contribution in [0.3, 0.4) is 0 Å². The summed E-state index contributed by atoms with van der Waals surface area (Å²) in [6.45, 7) is 0. The number of halogens is 3. The molecule has 6 heteroatoms. The predicted octanol–water partition coefficient (Wildman–Crippen LogP) is 5.54. The first-order valence-electron chi connectivity index (χ1n) is 5.79. The van der Waals surface area contributed by atoms with Crippen LogP contribution in [0.4, 0.5) is 0 Å². The monoisotopic (exact) mass is 342 g/mol. The van der Waals surface area contributed by atoms with Crippen molar-refractivity contribution in [1.29, 1.82) is 0 Å². The number of benzene rings is 2. The molecule has 0 aliphatic carbocycles. The predicted molar refractivity (Wildman–Crippen MR) is 84.7 cm³/mol. The van der Waals surface area contributed by atoms with E-state index in [1.807, 2.05) is 0 Å². The van der Waals surface area contributed by atoms with Crippen molar-refractivity contribution in [3.05, 3.63) is 63.1 Å². The maximum atomic E-state index is 10.6. The van der Waals surface area contributed by atoms with E-state index in [2.05, 4.69) is 0 Å². The van der Waals surface area contributed by atoms with Gasteiger partial charge in [0.05, 0.1) is 5.02 Å². The van der Waals surface area contributed by atoms with E-state index < -0.39 is 5.97 Å². The Morgan fingerprint density at radius 3 is 2.24 bits per heavy atom. The highest BCUT2D eigenvalue weighted by Crippen LogP contribution is 2.34. The van der Waals surface area contributed by atoms with Crippen molar-refractivity contribution in [2.45, 2.75) is 0 Å². The molecule has 108 valence electrons. The first-order chi connectivity index (χ1) is 9.95. The minimum atomic E-state index is -1.06. The molecule has 0 amide bonds. The topological polar surface area (TPSA) is 46.5 Å². The van der Waals surface area contributed by atoms with Crippen molar-refractivity contribution < 1.29 is 14.6 Å². The Labute approximate surface area is 136 Å². The summed E-state index contributed by atoms with van der Waals surface area (Å²) in [5.41, 5.74) is 0.524. The third-order valence-electron chi connectivity index (χ3n) is 2.49. The van der Waals surface area contributed by atoms with Crippen molar-refractivity contribution in [1.82, 2.24) is 0 Å². The zero-order valence-electron chi connectivity index (χ0n) is 10.5. The van der Waals surface area contributed by atoms with Gasteiger partial charge in [0.25, 0.3) is 0 Å². The lowest BCUT2D eigenvalue weighted by molar-refractivity contribution is -0.131. The Balaban J connectivity index is 2.37. The molecule has 0 aliphatic heterocycles. The Bertz CT molecular complexity index is 711. The molecule has 0 fully saturated rings. The maximum absolute atomic E-state index is 10.6. The Morgan fingerprint density at radius 2 is 1.62 bits per heavy atom. The molecule has 0 unspecified atom stereocenters. The molecule has 0 bridgehead atoms. The highest BCUT2D eigenvalue weighted by atomic mass is 35.5. The number of carbonyl (C=O) groups is 1. The maximum Gasteiger partial charge on any atom is 0.328 e. The van der Waals surface area contributed by atoms with E-state index in [0.29, 0.717) is 32.1 Å². The van der Waals surface area contributed by atoms with Gasteiger partial charge in [-0.2, -0.15) is 0 Å². The number of carboxylic acid groups (broad SMARTS) is 1. The van der Waals surface area contributed by atoms with Gasteiger partial charge in [0.1, 0.15) is 11.5 Å². The summed E-state index contributed by atoms with van der Waals surface area (Å²) in [4.78, 5) is 10.6. The lowest BCUT2D eigenvalue weighted by Gasteiger charge is -2.10.